The standard InChI is InChI=1S/C16H15FN2/c1-11-3-5-13(6-4-11)12(2)19-15-8-7-14(10-18)16(17)9-15/h3-9,12,19H,1-2H3. The van der Waals surface area contributed by atoms with Gasteiger partial charge in [-0.1, -0.05) is 29.8 Å². The Kier molecular flexibility index (Phi) is 3.82. The number of rotatable bonds is 3. The summed E-state index contributed by atoms with van der Waals surface area (Å²) in [5.74, 6) is -0.497. The molecule has 0 radical (unpaired) electrons. The lowest BCUT2D eigenvalue weighted by Gasteiger charge is -2.16. The van der Waals surface area contributed by atoms with Crippen molar-refractivity contribution in [1.82, 2.24) is 0 Å². The fraction of sp³-hybridized carbons (Fsp3) is 0.188. The molecule has 0 aliphatic carbocycles. The third kappa shape index (κ3) is 3.11. The minimum atomic E-state index is -0.497. The maximum Gasteiger partial charge on any atom is 0.143 e. The van der Waals surface area contributed by atoms with Crippen molar-refractivity contribution in [3.63, 3.8) is 0 Å². The van der Waals surface area contributed by atoms with Gasteiger partial charge in [-0.2, -0.15) is 5.26 Å². The molecule has 0 spiro atoms. The summed E-state index contributed by atoms with van der Waals surface area (Å²) in [5, 5.41) is 11.9. The Labute approximate surface area is 112 Å². The molecule has 0 heterocycles. The summed E-state index contributed by atoms with van der Waals surface area (Å²) < 4.78 is 13.5. The quantitative estimate of drug-likeness (QED) is 0.891. The Morgan fingerprint density at radius 1 is 1.16 bits per heavy atom. The molecule has 2 nitrogen and oxygen atoms in total. The van der Waals surface area contributed by atoms with Gasteiger partial charge in [0.05, 0.1) is 5.56 Å². The average molecular weight is 254 g/mol. The zero-order chi connectivity index (χ0) is 13.8. The molecule has 2 aromatic carbocycles. The SMILES string of the molecule is Cc1ccc(C(C)Nc2ccc(C#N)c(F)c2)cc1. The van der Waals surface area contributed by atoms with Crippen LogP contribution in [0, 0.1) is 24.1 Å². The van der Waals surface area contributed by atoms with Crippen molar-refractivity contribution in [2.24, 2.45) is 0 Å². The number of benzene rings is 2. The monoisotopic (exact) mass is 254 g/mol. The topological polar surface area (TPSA) is 35.8 Å². The molecule has 19 heavy (non-hydrogen) atoms. The highest BCUT2D eigenvalue weighted by Gasteiger charge is 2.07. The summed E-state index contributed by atoms with van der Waals surface area (Å²) in [4.78, 5) is 0. The van der Waals surface area contributed by atoms with Crippen LogP contribution in [0.15, 0.2) is 42.5 Å². The van der Waals surface area contributed by atoms with Crippen molar-refractivity contribution in [3.8, 4) is 6.07 Å². The molecule has 2 rings (SSSR count). The van der Waals surface area contributed by atoms with Gasteiger partial charge in [0.1, 0.15) is 11.9 Å². The molecule has 0 aliphatic rings. The molecule has 0 saturated carbocycles. The molecule has 1 atom stereocenters. The third-order valence-corrected chi connectivity index (χ3v) is 3.05. The van der Waals surface area contributed by atoms with Crippen LogP contribution in [0.25, 0.3) is 0 Å². The van der Waals surface area contributed by atoms with E-state index in [-0.39, 0.29) is 11.6 Å². The second kappa shape index (κ2) is 5.53. The first kappa shape index (κ1) is 13.1. The molecule has 2 aromatic rings. The second-order valence-corrected chi connectivity index (χ2v) is 4.58. The van der Waals surface area contributed by atoms with Crippen LogP contribution < -0.4 is 5.32 Å². The van der Waals surface area contributed by atoms with Gasteiger partial charge in [0.25, 0.3) is 0 Å². The minimum absolute atomic E-state index is 0.0635. The summed E-state index contributed by atoms with van der Waals surface area (Å²) >= 11 is 0. The van der Waals surface area contributed by atoms with Gasteiger partial charge in [-0.3, -0.25) is 0 Å². The van der Waals surface area contributed by atoms with Crippen molar-refractivity contribution in [1.29, 1.82) is 5.26 Å². The van der Waals surface area contributed by atoms with E-state index in [4.69, 9.17) is 5.26 Å². The molecular weight excluding hydrogens is 239 g/mol. The van der Waals surface area contributed by atoms with Gasteiger partial charge in [0.2, 0.25) is 0 Å². The number of nitrogens with zero attached hydrogens (tertiary/aromatic N) is 1. The predicted molar refractivity (Wildman–Crippen MR) is 74.3 cm³/mol. The molecule has 0 saturated heterocycles. The van der Waals surface area contributed by atoms with Crippen LogP contribution in [0.2, 0.25) is 0 Å². The fourth-order valence-corrected chi connectivity index (χ4v) is 1.88. The summed E-state index contributed by atoms with van der Waals surface area (Å²) in [5.41, 5.74) is 3.08. The number of aryl methyl sites for hydroxylation is 1. The number of nitriles is 1. The van der Waals surface area contributed by atoms with Gasteiger partial charge in [-0.25, -0.2) is 4.39 Å². The van der Waals surface area contributed by atoms with E-state index >= 15 is 0 Å². The Morgan fingerprint density at radius 2 is 1.84 bits per heavy atom. The number of halogens is 1. The van der Waals surface area contributed by atoms with E-state index in [1.165, 1.54) is 17.7 Å². The van der Waals surface area contributed by atoms with E-state index in [2.05, 4.69) is 5.32 Å². The van der Waals surface area contributed by atoms with Crippen molar-refractivity contribution >= 4 is 5.69 Å². The van der Waals surface area contributed by atoms with E-state index in [0.29, 0.717) is 5.69 Å². The van der Waals surface area contributed by atoms with Crippen LogP contribution in [0.1, 0.15) is 29.7 Å². The number of hydrogen-bond acceptors (Lipinski definition) is 2. The molecule has 0 aliphatic heterocycles. The maximum absolute atomic E-state index is 13.5. The highest BCUT2D eigenvalue weighted by Crippen LogP contribution is 2.21. The molecule has 3 heteroatoms. The highest BCUT2D eigenvalue weighted by atomic mass is 19.1. The molecular formula is C16H15FN2. The lowest BCUT2D eigenvalue weighted by Crippen LogP contribution is -2.06. The maximum atomic E-state index is 13.5. The van der Waals surface area contributed by atoms with Gasteiger partial charge < -0.3 is 5.32 Å². The van der Waals surface area contributed by atoms with Crippen LogP contribution in [0.4, 0.5) is 10.1 Å². The van der Waals surface area contributed by atoms with Gasteiger partial charge in [-0.05, 0) is 37.6 Å². The van der Waals surface area contributed by atoms with Gasteiger partial charge in [0, 0.05) is 11.7 Å². The van der Waals surface area contributed by atoms with Crippen LogP contribution in [0.5, 0.6) is 0 Å². The summed E-state index contributed by atoms with van der Waals surface area (Å²) in [6.45, 7) is 4.05. The van der Waals surface area contributed by atoms with Crippen molar-refractivity contribution < 1.29 is 4.39 Å². The first-order valence-corrected chi connectivity index (χ1v) is 6.13. The summed E-state index contributed by atoms with van der Waals surface area (Å²) in [6, 6.07) is 14.6. The predicted octanol–water partition coefficient (Wildman–Crippen LogP) is 4.18. The van der Waals surface area contributed by atoms with Gasteiger partial charge in [0.15, 0.2) is 0 Å². The van der Waals surface area contributed by atoms with E-state index < -0.39 is 5.82 Å². The van der Waals surface area contributed by atoms with E-state index in [0.717, 1.165) is 5.56 Å². The van der Waals surface area contributed by atoms with Gasteiger partial charge >= 0.3 is 0 Å². The zero-order valence-electron chi connectivity index (χ0n) is 10.9. The van der Waals surface area contributed by atoms with Crippen LogP contribution in [-0.2, 0) is 0 Å². The molecule has 96 valence electrons. The van der Waals surface area contributed by atoms with Crippen LogP contribution in [0.3, 0.4) is 0 Å². The van der Waals surface area contributed by atoms with E-state index in [1.807, 2.05) is 44.2 Å². The number of nitrogens with one attached hydrogen (secondary N) is 1. The fourth-order valence-electron chi connectivity index (χ4n) is 1.88. The molecule has 0 amide bonds. The van der Waals surface area contributed by atoms with Gasteiger partial charge in [-0.15, -0.1) is 0 Å². The van der Waals surface area contributed by atoms with E-state index in [9.17, 15) is 4.39 Å². The Morgan fingerprint density at radius 3 is 2.42 bits per heavy atom. The number of anilines is 1. The van der Waals surface area contributed by atoms with Crippen LogP contribution in [-0.4, -0.2) is 0 Å². The smallest absolute Gasteiger partial charge is 0.143 e. The largest absolute Gasteiger partial charge is 0.378 e. The first-order chi connectivity index (χ1) is 9.10. The Balaban J connectivity index is 2.15. The lowest BCUT2D eigenvalue weighted by molar-refractivity contribution is 0.624. The van der Waals surface area contributed by atoms with Crippen molar-refractivity contribution in [2.75, 3.05) is 5.32 Å². The van der Waals surface area contributed by atoms with Crippen molar-refractivity contribution in [2.45, 2.75) is 19.9 Å². The second-order valence-electron chi connectivity index (χ2n) is 4.58. The minimum Gasteiger partial charge on any atom is -0.378 e. The average Bonchev–Trinajstić information content (AvgIpc) is 2.39. The lowest BCUT2D eigenvalue weighted by atomic mass is 10.1. The third-order valence-electron chi connectivity index (χ3n) is 3.05. The normalized spacial score (nSPS) is 11.7. The molecule has 1 unspecified atom stereocenters. The summed E-state index contributed by atoms with van der Waals surface area (Å²) in [7, 11) is 0. The molecule has 0 bridgehead atoms. The first-order valence-electron chi connectivity index (χ1n) is 6.13. The summed E-state index contributed by atoms with van der Waals surface area (Å²) in [6.07, 6.45) is 0. The van der Waals surface area contributed by atoms with E-state index in [1.54, 1.807) is 6.07 Å². The molecule has 1 N–H and O–H groups in total. The Hall–Kier alpha value is -2.34. The Bertz CT molecular complexity index is 612. The molecule has 0 aromatic heterocycles. The number of hydrogen-bond donors (Lipinski definition) is 1. The molecule has 0 fully saturated rings. The van der Waals surface area contributed by atoms with Crippen LogP contribution >= 0.6 is 0 Å². The van der Waals surface area contributed by atoms with Crippen molar-refractivity contribution in [3.05, 3.63) is 65.0 Å². The highest BCUT2D eigenvalue weighted by molar-refractivity contribution is 5.49. The zero-order valence-corrected chi connectivity index (χ0v) is 10.9.